The second-order valence-electron chi connectivity index (χ2n) is 10.3. The van der Waals surface area contributed by atoms with E-state index in [0.29, 0.717) is 44.7 Å². The van der Waals surface area contributed by atoms with Gasteiger partial charge in [-0.25, -0.2) is 22.8 Å². The minimum Gasteiger partial charge on any atom is -0.493 e. The molecule has 6 aromatic rings. The highest BCUT2D eigenvalue weighted by Gasteiger charge is 2.29. The fourth-order valence-corrected chi connectivity index (χ4v) is 6.01. The van der Waals surface area contributed by atoms with E-state index >= 15 is 0 Å². The van der Waals surface area contributed by atoms with Gasteiger partial charge in [0.25, 0.3) is 5.91 Å². The number of rotatable bonds is 5. The van der Waals surface area contributed by atoms with Gasteiger partial charge in [0.1, 0.15) is 22.8 Å². The number of aromatic nitrogens is 3. The zero-order chi connectivity index (χ0) is 30.9. The molecule has 0 radical (unpaired) electrons. The smallest absolute Gasteiger partial charge is 0.255 e. The van der Waals surface area contributed by atoms with E-state index < -0.39 is 15.9 Å². The maximum atomic E-state index is 14.7. The first-order valence-corrected chi connectivity index (χ1v) is 15.2. The minimum absolute atomic E-state index is 0.0633. The molecular formula is C31H24FN5O6S. The largest absolute Gasteiger partial charge is 0.493 e. The summed E-state index contributed by atoms with van der Waals surface area (Å²) in [5.41, 5.74) is 3.21. The number of carbonyl (C=O) groups is 1. The third kappa shape index (κ3) is 4.15. The SMILES string of the molecule is CNC(=O)c1c(-c2cccnc2O)oc2cc(N(C)S(C)(=O)=O)c(-c3ccc4c(n3)-c3cc5c(F)cccc5n3CO4)cc12. The number of ether oxygens (including phenoxy) is 1. The molecule has 0 saturated carbocycles. The summed E-state index contributed by atoms with van der Waals surface area (Å²) in [6, 6.07) is 16.2. The molecule has 7 rings (SSSR count). The van der Waals surface area contributed by atoms with Crippen LogP contribution in [0, 0.1) is 5.82 Å². The quantitative estimate of drug-likeness (QED) is 0.273. The number of anilines is 1. The predicted molar refractivity (Wildman–Crippen MR) is 162 cm³/mol. The van der Waals surface area contributed by atoms with Crippen LogP contribution in [0.5, 0.6) is 11.6 Å². The fraction of sp³-hybridized carbons (Fsp3) is 0.129. The molecule has 4 aromatic heterocycles. The molecule has 2 aromatic carbocycles. The first-order valence-electron chi connectivity index (χ1n) is 13.4. The summed E-state index contributed by atoms with van der Waals surface area (Å²) in [6.07, 6.45) is 2.47. The number of amides is 1. The van der Waals surface area contributed by atoms with Crippen molar-refractivity contribution < 1.29 is 31.9 Å². The van der Waals surface area contributed by atoms with Gasteiger partial charge in [0.2, 0.25) is 15.9 Å². The van der Waals surface area contributed by atoms with Crippen molar-refractivity contribution in [3.63, 3.8) is 0 Å². The zero-order valence-corrected chi connectivity index (χ0v) is 24.4. The number of fused-ring (bicyclic) bond motifs is 6. The Balaban J connectivity index is 1.51. The van der Waals surface area contributed by atoms with Gasteiger partial charge < -0.3 is 24.1 Å². The highest BCUT2D eigenvalue weighted by atomic mass is 32.2. The van der Waals surface area contributed by atoms with Gasteiger partial charge in [-0.2, -0.15) is 0 Å². The van der Waals surface area contributed by atoms with Crippen LogP contribution in [0.2, 0.25) is 0 Å². The summed E-state index contributed by atoms with van der Waals surface area (Å²) < 4.78 is 55.2. The zero-order valence-electron chi connectivity index (χ0n) is 23.6. The van der Waals surface area contributed by atoms with Gasteiger partial charge in [0.15, 0.2) is 12.5 Å². The third-order valence-electron chi connectivity index (χ3n) is 7.75. The van der Waals surface area contributed by atoms with Crippen molar-refractivity contribution in [2.24, 2.45) is 0 Å². The van der Waals surface area contributed by atoms with Crippen LogP contribution in [0.4, 0.5) is 10.1 Å². The van der Waals surface area contributed by atoms with Gasteiger partial charge in [-0.05, 0) is 48.5 Å². The third-order valence-corrected chi connectivity index (χ3v) is 8.94. The minimum atomic E-state index is -3.76. The van der Waals surface area contributed by atoms with E-state index in [1.54, 1.807) is 48.5 Å². The fourth-order valence-electron chi connectivity index (χ4n) is 5.50. The maximum Gasteiger partial charge on any atom is 0.255 e. The maximum absolute atomic E-state index is 14.7. The van der Waals surface area contributed by atoms with Gasteiger partial charge in [-0.15, -0.1) is 0 Å². The Bertz CT molecular complexity index is 2280. The van der Waals surface area contributed by atoms with Gasteiger partial charge in [-0.1, -0.05) is 6.07 Å². The summed E-state index contributed by atoms with van der Waals surface area (Å²) in [7, 11) is -0.895. The molecule has 13 heteroatoms. The number of nitrogens with zero attached hydrogens (tertiary/aromatic N) is 4. The molecule has 0 fully saturated rings. The molecule has 44 heavy (non-hydrogen) atoms. The lowest BCUT2D eigenvalue weighted by Gasteiger charge is -2.23. The van der Waals surface area contributed by atoms with Crippen LogP contribution in [0.3, 0.4) is 0 Å². The average molecular weight is 614 g/mol. The van der Waals surface area contributed by atoms with E-state index in [0.717, 1.165) is 10.6 Å². The lowest BCUT2D eigenvalue weighted by molar-refractivity contribution is 0.0964. The highest BCUT2D eigenvalue weighted by molar-refractivity contribution is 7.92. The Morgan fingerprint density at radius 2 is 1.91 bits per heavy atom. The Hall–Kier alpha value is -5.43. The lowest BCUT2D eigenvalue weighted by Crippen LogP contribution is -2.25. The Labute approximate surface area is 250 Å². The number of halogens is 1. The number of pyridine rings is 2. The number of nitrogens with one attached hydrogen (secondary N) is 1. The summed E-state index contributed by atoms with van der Waals surface area (Å²) >= 11 is 0. The van der Waals surface area contributed by atoms with Crippen LogP contribution in [-0.2, 0) is 16.8 Å². The number of sulfonamides is 1. The Morgan fingerprint density at radius 3 is 2.66 bits per heavy atom. The molecular weight excluding hydrogens is 589 g/mol. The second-order valence-corrected chi connectivity index (χ2v) is 12.3. The molecule has 0 spiro atoms. The average Bonchev–Trinajstić information content (AvgIpc) is 3.58. The summed E-state index contributed by atoms with van der Waals surface area (Å²) in [4.78, 5) is 22.0. The Morgan fingerprint density at radius 1 is 1.09 bits per heavy atom. The summed E-state index contributed by atoms with van der Waals surface area (Å²) in [5, 5.41) is 13.9. The number of benzene rings is 2. The number of furan rings is 1. The molecule has 5 heterocycles. The van der Waals surface area contributed by atoms with Crippen molar-refractivity contribution in [1.82, 2.24) is 19.9 Å². The van der Waals surface area contributed by atoms with E-state index in [2.05, 4.69) is 10.3 Å². The first kappa shape index (κ1) is 27.4. The van der Waals surface area contributed by atoms with E-state index in [1.165, 1.54) is 32.4 Å². The van der Waals surface area contributed by atoms with Crippen molar-refractivity contribution >= 4 is 43.5 Å². The molecule has 2 N–H and O–H groups in total. The van der Waals surface area contributed by atoms with E-state index in [4.69, 9.17) is 14.1 Å². The topological polar surface area (TPSA) is 140 Å². The molecule has 222 valence electrons. The van der Waals surface area contributed by atoms with Crippen LogP contribution in [0.15, 0.2) is 71.3 Å². The highest BCUT2D eigenvalue weighted by Crippen LogP contribution is 2.44. The van der Waals surface area contributed by atoms with E-state index in [9.17, 15) is 22.7 Å². The predicted octanol–water partition coefficient (Wildman–Crippen LogP) is 5.13. The van der Waals surface area contributed by atoms with Crippen molar-refractivity contribution in [2.45, 2.75) is 6.73 Å². The first-order chi connectivity index (χ1) is 21.1. The van der Waals surface area contributed by atoms with Crippen LogP contribution < -0.4 is 14.4 Å². The number of hydrogen-bond donors (Lipinski definition) is 2. The molecule has 1 aliphatic heterocycles. The van der Waals surface area contributed by atoms with Gasteiger partial charge >= 0.3 is 0 Å². The van der Waals surface area contributed by atoms with Crippen LogP contribution >= 0.6 is 0 Å². The van der Waals surface area contributed by atoms with Crippen molar-refractivity contribution in [3.05, 3.63) is 78.2 Å². The molecule has 1 aliphatic rings. The van der Waals surface area contributed by atoms with Crippen LogP contribution in [0.25, 0.3) is 55.8 Å². The molecule has 0 unspecified atom stereocenters. The number of aromatic hydroxyl groups is 1. The van der Waals surface area contributed by atoms with E-state index in [-0.39, 0.29) is 46.6 Å². The van der Waals surface area contributed by atoms with Gasteiger partial charge in [-0.3, -0.25) is 9.10 Å². The van der Waals surface area contributed by atoms with Crippen molar-refractivity contribution in [2.75, 3.05) is 24.7 Å². The van der Waals surface area contributed by atoms with Gasteiger partial charge in [0.05, 0.1) is 40.0 Å². The lowest BCUT2D eigenvalue weighted by atomic mass is 10.0. The standard InChI is InChI=1S/C31H24FN5O6S/c1-33-31(39)27-19-12-18(23(36(2)44(3,40)41)14-26(19)43-29(27)16-6-5-11-34-30(16)38)21-9-10-25-28(35-21)24-13-17-20(32)7-4-8-22(17)37(24)15-42-25/h4-14H,15H2,1-3H3,(H,33,39)(H,34,38). The molecule has 1 amide bonds. The monoisotopic (exact) mass is 613 g/mol. The molecule has 0 atom stereocenters. The van der Waals surface area contributed by atoms with Crippen molar-refractivity contribution in [3.8, 4) is 45.6 Å². The van der Waals surface area contributed by atoms with Gasteiger partial charge in [0, 0.05) is 42.7 Å². The van der Waals surface area contributed by atoms with E-state index in [1.807, 2.05) is 4.57 Å². The van der Waals surface area contributed by atoms with Crippen molar-refractivity contribution in [1.29, 1.82) is 0 Å². The number of carbonyl (C=O) groups excluding carboxylic acids is 1. The molecule has 0 saturated heterocycles. The molecule has 0 aliphatic carbocycles. The summed E-state index contributed by atoms with van der Waals surface area (Å²) in [6.45, 7) is 0.165. The molecule has 0 bridgehead atoms. The normalized spacial score (nSPS) is 12.5. The molecule has 11 nitrogen and oxygen atoms in total. The van der Waals surface area contributed by atoms with Crippen LogP contribution in [0.1, 0.15) is 10.4 Å². The summed E-state index contributed by atoms with van der Waals surface area (Å²) in [5.74, 6) is -0.661. The Kier molecular flexibility index (Phi) is 6.11. The van der Waals surface area contributed by atoms with Crippen LogP contribution in [-0.4, -0.2) is 54.3 Å². The number of hydrogen-bond acceptors (Lipinski definition) is 8. The second kappa shape index (κ2) is 9.81.